The van der Waals surface area contributed by atoms with Crippen molar-refractivity contribution in [1.29, 1.82) is 5.41 Å². The summed E-state index contributed by atoms with van der Waals surface area (Å²) in [6.07, 6.45) is 1.30. The molecule has 5 N–H and O–H groups in total. The molecular weight excluding hydrogens is 312 g/mol. The summed E-state index contributed by atoms with van der Waals surface area (Å²) in [5, 5.41) is 22.3. The fourth-order valence-corrected chi connectivity index (χ4v) is 2.01. The summed E-state index contributed by atoms with van der Waals surface area (Å²) in [7, 11) is 1.29. The van der Waals surface area contributed by atoms with Gasteiger partial charge in [-0.2, -0.15) is 0 Å². The predicted molar refractivity (Wildman–Crippen MR) is 89.3 cm³/mol. The fraction of sp³-hybridized carbons (Fsp3) is 0.375. The number of carbonyl (C=O) groups is 2. The Labute approximate surface area is 140 Å². The molecule has 0 unspecified atom stereocenters. The van der Waals surface area contributed by atoms with E-state index in [2.05, 4.69) is 15.2 Å². The molecule has 0 fully saturated rings. The summed E-state index contributed by atoms with van der Waals surface area (Å²) in [5.41, 5.74) is 7.12. The maximum atomic E-state index is 11.6. The third kappa shape index (κ3) is 6.47. The summed E-state index contributed by atoms with van der Waals surface area (Å²) in [6.45, 7) is 0.235. The minimum atomic E-state index is -0.376. The Morgan fingerprint density at radius 1 is 1.21 bits per heavy atom. The van der Waals surface area contributed by atoms with Gasteiger partial charge in [-0.25, -0.2) is 0 Å². The number of nitrogen functional groups attached to an aromatic ring is 1. The molecule has 1 aromatic rings. The smallest absolute Gasteiger partial charge is 0.307 e. The first-order valence-electron chi connectivity index (χ1n) is 7.47. The van der Waals surface area contributed by atoms with Gasteiger partial charge in [-0.15, -0.1) is 0 Å². The molecule has 1 aromatic carbocycles. The van der Waals surface area contributed by atoms with Gasteiger partial charge >= 0.3 is 5.97 Å². The van der Waals surface area contributed by atoms with E-state index in [4.69, 9.17) is 16.4 Å². The lowest BCUT2D eigenvalue weighted by atomic mass is 10.0. The Morgan fingerprint density at radius 3 is 2.38 bits per heavy atom. The van der Waals surface area contributed by atoms with E-state index in [1.54, 1.807) is 24.3 Å². The van der Waals surface area contributed by atoms with Crippen LogP contribution in [0.1, 0.15) is 36.8 Å². The zero-order valence-corrected chi connectivity index (χ0v) is 13.5. The predicted octanol–water partition coefficient (Wildman–Crippen LogP) is 0.999. The summed E-state index contributed by atoms with van der Waals surface area (Å²) in [6, 6.07) is 6.76. The topological polar surface area (TPSA) is 138 Å². The van der Waals surface area contributed by atoms with Crippen LogP contribution in [0.15, 0.2) is 29.4 Å². The Hall–Kier alpha value is -2.90. The second-order valence-corrected chi connectivity index (χ2v) is 5.07. The highest BCUT2D eigenvalue weighted by Gasteiger charge is 2.08. The Morgan fingerprint density at radius 2 is 1.83 bits per heavy atom. The lowest BCUT2D eigenvalue weighted by Crippen LogP contribution is -2.26. The molecule has 0 saturated carbocycles. The number of benzene rings is 1. The summed E-state index contributed by atoms with van der Waals surface area (Å²) >= 11 is 0. The molecule has 1 amide bonds. The number of amides is 1. The van der Waals surface area contributed by atoms with E-state index in [0.29, 0.717) is 29.7 Å². The number of hydrogen-bond acceptors (Lipinski definition) is 6. The van der Waals surface area contributed by atoms with Crippen LogP contribution in [-0.4, -0.2) is 42.3 Å². The van der Waals surface area contributed by atoms with Crippen LogP contribution in [0.3, 0.4) is 0 Å². The van der Waals surface area contributed by atoms with Crippen molar-refractivity contribution in [3.8, 4) is 0 Å². The lowest BCUT2D eigenvalue weighted by Gasteiger charge is -2.07. The van der Waals surface area contributed by atoms with Gasteiger partial charge in [-0.1, -0.05) is 29.4 Å². The third-order valence-corrected chi connectivity index (χ3v) is 3.35. The average Bonchev–Trinajstić information content (AvgIpc) is 2.58. The van der Waals surface area contributed by atoms with Crippen LogP contribution < -0.4 is 11.1 Å². The first kappa shape index (κ1) is 19.1. The van der Waals surface area contributed by atoms with Crippen LogP contribution >= 0.6 is 0 Å². The number of oxime groups is 1. The van der Waals surface area contributed by atoms with Crippen molar-refractivity contribution in [3.05, 3.63) is 35.4 Å². The summed E-state index contributed by atoms with van der Waals surface area (Å²) in [4.78, 5) is 22.6. The average molecular weight is 334 g/mol. The lowest BCUT2D eigenvalue weighted by molar-refractivity contribution is -0.140. The first-order valence-corrected chi connectivity index (χ1v) is 7.47. The van der Waals surface area contributed by atoms with Crippen molar-refractivity contribution in [1.82, 2.24) is 5.32 Å². The number of hydrogen-bond donors (Lipinski definition) is 4. The number of rotatable bonds is 9. The van der Waals surface area contributed by atoms with Gasteiger partial charge < -0.3 is 21.0 Å². The van der Waals surface area contributed by atoms with E-state index in [0.717, 1.165) is 0 Å². The van der Waals surface area contributed by atoms with Gasteiger partial charge in [0.05, 0.1) is 19.2 Å². The normalized spacial score (nSPS) is 11.0. The first-order chi connectivity index (χ1) is 11.5. The van der Waals surface area contributed by atoms with Gasteiger partial charge in [0.25, 0.3) is 0 Å². The van der Waals surface area contributed by atoms with Crippen LogP contribution in [-0.2, 0) is 14.3 Å². The fourth-order valence-electron chi connectivity index (χ4n) is 2.01. The van der Waals surface area contributed by atoms with E-state index < -0.39 is 0 Å². The highest BCUT2D eigenvalue weighted by Crippen LogP contribution is 2.10. The van der Waals surface area contributed by atoms with Crippen molar-refractivity contribution in [2.24, 2.45) is 10.9 Å². The minimum Gasteiger partial charge on any atom is -0.469 e. The van der Waals surface area contributed by atoms with Crippen molar-refractivity contribution in [3.63, 3.8) is 0 Å². The maximum Gasteiger partial charge on any atom is 0.307 e. The number of amidine groups is 1. The standard InChI is InChI=1S/C16H22N4O4/c1-24-15(22)9-10-19-14(21)4-2-3-13(20-23)11-5-7-12(8-6-11)16(17)18/h5-8,23H,2-4,9-10H2,1H3,(H3,17,18)(H,19,21)/b20-13+. The molecule has 0 bridgehead atoms. The number of carbonyl (C=O) groups excluding carboxylic acids is 2. The van der Waals surface area contributed by atoms with Crippen LogP contribution in [0.25, 0.3) is 0 Å². The minimum absolute atomic E-state index is 0.0346. The van der Waals surface area contributed by atoms with E-state index in [-0.39, 0.29) is 37.1 Å². The molecule has 0 aliphatic heterocycles. The van der Waals surface area contributed by atoms with E-state index >= 15 is 0 Å². The molecule has 8 nitrogen and oxygen atoms in total. The zero-order valence-electron chi connectivity index (χ0n) is 13.5. The van der Waals surface area contributed by atoms with Gasteiger partial charge in [0.2, 0.25) is 5.91 Å². The highest BCUT2D eigenvalue weighted by molar-refractivity contribution is 6.01. The van der Waals surface area contributed by atoms with E-state index in [1.807, 2.05) is 0 Å². The molecular formula is C16H22N4O4. The van der Waals surface area contributed by atoms with Crippen LogP contribution in [0.4, 0.5) is 0 Å². The molecule has 0 spiro atoms. The molecule has 0 atom stereocenters. The van der Waals surface area contributed by atoms with Crippen molar-refractivity contribution >= 4 is 23.4 Å². The molecule has 0 radical (unpaired) electrons. The number of nitrogens with one attached hydrogen (secondary N) is 2. The molecule has 0 saturated heterocycles. The van der Waals surface area contributed by atoms with Crippen molar-refractivity contribution in [2.75, 3.05) is 13.7 Å². The Balaban J connectivity index is 2.40. The number of ether oxygens (including phenoxy) is 1. The van der Waals surface area contributed by atoms with Crippen LogP contribution in [0, 0.1) is 5.41 Å². The molecule has 130 valence electrons. The van der Waals surface area contributed by atoms with Gasteiger partial charge in [0.15, 0.2) is 0 Å². The van der Waals surface area contributed by atoms with Gasteiger partial charge in [-0.05, 0) is 18.4 Å². The quantitative estimate of drug-likeness (QED) is 0.175. The second kappa shape index (κ2) is 9.98. The van der Waals surface area contributed by atoms with E-state index in [9.17, 15) is 9.59 Å². The number of esters is 1. The number of nitrogens with two attached hydrogens (primary N) is 1. The zero-order chi connectivity index (χ0) is 17.9. The number of nitrogens with zero attached hydrogens (tertiary/aromatic N) is 1. The summed E-state index contributed by atoms with van der Waals surface area (Å²) < 4.78 is 4.48. The van der Waals surface area contributed by atoms with Crippen LogP contribution in [0.2, 0.25) is 0 Å². The van der Waals surface area contributed by atoms with E-state index in [1.165, 1.54) is 7.11 Å². The molecule has 0 aliphatic carbocycles. The van der Waals surface area contributed by atoms with Crippen molar-refractivity contribution < 1.29 is 19.5 Å². The molecule has 24 heavy (non-hydrogen) atoms. The largest absolute Gasteiger partial charge is 0.469 e. The number of methoxy groups -OCH3 is 1. The maximum absolute atomic E-state index is 11.6. The molecule has 0 aromatic heterocycles. The summed E-state index contributed by atoms with van der Waals surface area (Å²) in [5.74, 6) is -0.588. The Bertz CT molecular complexity index is 611. The molecule has 0 aliphatic rings. The SMILES string of the molecule is COC(=O)CCNC(=O)CCC/C(=N\O)c1ccc(C(=N)N)cc1. The molecule has 1 rings (SSSR count). The molecule has 8 heteroatoms. The van der Waals surface area contributed by atoms with Gasteiger partial charge in [-0.3, -0.25) is 15.0 Å². The second-order valence-electron chi connectivity index (χ2n) is 5.07. The van der Waals surface area contributed by atoms with Crippen molar-refractivity contribution in [2.45, 2.75) is 25.7 Å². The third-order valence-electron chi connectivity index (χ3n) is 3.35. The van der Waals surface area contributed by atoms with Gasteiger partial charge in [0, 0.05) is 18.5 Å². The molecule has 0 heterocycles. The van der Waals surface area contributed by atoms with Crippen LogP contribution in [0.5, 0.6) is 0 Å². The van der Waals surface area contributed by atoms with Gasteiger partial charge in [0.1, 0.15) is 5.84 Å². The monoisotopic (exact) mass is 334 g/mol. The highest BCUT2D eigenvalue weighted by atomic mass is 16.5. The Kier molecular flexibility index (Phi) is 7.97.